The van der Waals surface area contributed by atoms with Gasteiger partial charge in [-0.05, 0) is 39.0 Å². The molecular weight excluding hydrogens is 132 g/mol. The van der Waals surface area contributed by atoms with E-state index in [1.165, 1.54) is 19.3 Å². The smallest absolute Gasteiger partial charge is 0.00519 e. The third kappa shape index (κ3) is 2.21. The molecule has 0 nitrogen and oxygen atoms in total. The van der Waals surface area contributed by atoms with E-state index in [9.17, 15) is 0 Å². The molecule has 11 heavy (non-hydrogen) atoms. The Morgan fingerprint density at radius 1 is 1.36 bits per heavy atom. The summed E-state index contributed by atoms with van der Waals surface area (Å²) in [6.45, 7) is 6.81. The summed E-state index contributed by atoms with van der Waals surface area (Å²) in [5, 5.41) is 0. The van der Waals surface area contributed by atoms with Crippen LogP contribution in [-0.4, -0.2) is 0 Å². The predicted molar refractivity (Wildman–Crippen MR) is 50.5 cm³/mol. The van der Waals surface area contributed by atoms with Crippen molar-refractivity contribution in [2.24, 2.45) is 5.92 Å². The minimum Gasteiger partial charge on any atom is -0.0879 e. The van der Waals surface area contributed by atoms with Gasteiger partial charge in [-0.3, -0.25) is 0 Å². The van der Waals surface area contributed by atoms with Crippen molar-refractivity contribution in [2.45, 2.75) is 40.0 Å². The summed E-state index contributed by atoms with van der Waals surface area (Å²) in [5.41, 5.74) is 3.17. The van der Waals surface area contributed by atoms with Gasteiger partial charge in [0.2, 0.25) is 0 Å². The van der Waals surface area contributed by atoms with E-state index >= 15 is 0 Å². The highest BCUT2D eigenvalue weighted by Crippen LogP contribution is 2.22. The largest absolute Gasteiger partial charge is 0.0879 e. The summed E-state index contributed by atoms with van der Waals surface area (Å²) in [4.78, 5) is 0. The third-order valence-corrected chi connectivity index (χ3v) is 2.70. The van der Waals surface area contributed by atoms with Crippen LogP contribution in [-0.2, 0) is 0 Å². The molecule has 0 amide bonds. The van der Waals surface area contributed by atoms with E-state index in [2.05, 4.69) is 32.9 Å². The molecular formula is C11H18. The normalized spacial score (nSPS) is 26.6. The van der Waals surface area contributed by atoms with E-state index in [-0.39, 0.29) is 0 Å². The van der Waals surface area contributed by atoms with E-state index in [4.69, 9.17) is 0 Å². The third-order valence-electron chi connectivity index (χ3n) is 2.70. The molecule has 1 rings (SSSR count). The van der Waals surface area contributed by atoms with Gasteiger partial charge >= 0.3 is 0 Å². The first-order chi connectivity index (χ1) is 5.22. The van der Waals surface area contributed by atoms with Gasteiger partial charge in [-0.15, -0.1) is 0 Å². The van der Waals surface area contributed by atoms with Crippen molar-refractivity contribution in [1.29, 1.82) is 0 Å². The van der Waals surface area contributed by atoms with Gasteiger partial charge in [0.25, 0.3) is 0 Å². The van der Waals surface area contributed by atoms with Crippen LogP contribution in [0.15, 0.2) is 23.3 Å². The molecule has 0 saturated carbocycles. The van der Waals surface area contributed by atoms with Crippen LogP contribution < -0.4 is 0 Å². The van der Waals surface area contributed by atoms with Crippen molar-refractivity contribution >= 4 is 0 Å². The van der Waals surface area contributed by atoms with Gasteiger partial charge in [0.05, 0.1) is 0 Å². The second-order valence-corrected chi connectivity index (χ2v) is 3.57. The van der Waals surface area contributed by atoms with Crippen LogP contribution in [0.3, 0.4) is 0 Å². The summed E-state index contributed by atoms with van der Waals surface area (Å²) >= 11 is 0. The Hall–Kier alpha value is -0.520. The van der Waals surface area contributed by atoms with Crippen molar-refractivity contribution < 1.29 is 0 Å². The second kappa shape index (κ2) is 3.75. The molecule has 0 fully saturated rings. The Morgan fingerprint density at radius 3 is 2.82 bits per heavy atom. The highest BCUT2D eigenvalue weighted by atomic mass is 14.1. The fraction of sp³-hybridized carbons (Fsp3) is 0.636. The van der Waals surface area contributed by atoms with Crippen molar-refractivity contribution in [3.05, 3.63) is 23.3 Å². The average molecular weight is 150 g/mol. The lowest BCUT2D eigenvalue weighted by atomic mass is 9.92. The summed E-state index contributed by atoms with van der Waals surface area (Å²) in [5.74, 6) is 0.662. The molecule has 0 heterocycles. The van der Waals surface area contributed by atoms with Crippen LogP contribution in [0.1, 0.15) is 40.0 Å². The molecule has 0 saturated heterocycles. The van der Waals surface area contributed by atoms with Crippen LogP contribution in [0.4, 0.5) is 0 Å². The van der Waals surface area contributed by atoms with Crippen LogP contribution in [0, 0.1) is 5.92 Å². The lowest BCUT2D eigenvalue weighted by molar-refractivity contribution is 0.750. The molecule has 1 aliphatic carbocycles. The molecule has 0 spiro atoms. The van der Waals surface area contributed by atoms with Crippen LogP contribution in [0.5, 0.6) is 0 Å². The highest BCUT2D eigenvalue weighted by Gasteiger charge is 2.05. The summed E-state index contributed by atoms with van der Waals surface area (Å²) in [6, 6.07) is 0. The van der Waals surface area contributed by atoms with Crippen molar-refractivity contribution in [1.82, 2.24) is 0 Å². The summed E-state index contributed by atoms with van der Waals surface area (Å²) in [6.07, 6.45) is 8.53. The van der Waals surface area contributed by atoms with E-state index in [0.29, 0.717) is 5.92 Å². The standard InChI is InChI=1S/C11H18/c1-9-7-5-4-6-8-10(2)11(9)3/h5,7,9H,4,6,8H2,1-3H3. The number of hydrogen-bond donors (Lipinski definition) is 0. The lowest BCUT2D eigenvalue weighted by Crippen LogP contribution is -1.97. The number of hydrogen-bond acceptors (Lipinski definition) is 0. The van der Waals surface area contributed by atoms with E-state index in [1.54, 1.807) is 11.1 Å². The molecule has 0 radical (unpaired) electrons. The predicted octanol–water partition coefficient (Wildman–Crippen LogP) is 3.70. The van der Waals surface area contributed by atoms with Crippen LogP contribution in [0.2, 0.25) is 0 Å². The molecule has 1 atom stereocenters. The van der Waals surface area contributed by atoms with Crippen LogP contribution >= 0.6 is 0 Å². The Balaban J connectivity index is 2.77. The van der Waals surface area contributed by atoms with Gasteiger partial charge in [0.1, 0.15) is 0 Å². The van der Waals surface area contributed by atoms with E-state index < -0.39 is 0 Å². The first kappa shape index (κ1) is 8.58. The molecule has 0 aromatic carbocycles. The van der Waals surface area contributed by atoms with Gasteiger partial charge in [-0.25, -0.2) is 0 Å². The Bertz CT molecular complexity index is 184. The zero-order valence-electron chi connectivity index (χ0n) is 7.85. The topological polar surface area (TPSA) is 0 Å². The van der Waals surface area contributed by atoms with Gasteiger partial charge < -0.3 is 0 Å². The van der Waals surface area contributed by atoms with Gasteiger partial charge in [0.15, 0.2) is 0 Å². The first-order valence-electron chi connectivity index (χ1n) is 4.54. The Morgan fingerprint density at radius 2 is 2.09 bits per heavy atom. The zero-order chi connectivity index (χ0) is 8.27. The fourth-order valence-electron chi connectivity index (χ4n) is 1.52. The average Bonchev–Trinajstić information content (AvgIpc) is 2.00. The maximum absolute atomic E-state index is 2.33. The van der Waals surface area contributed by atoms with E-state index in [1.807, 2.05) is 0 Å². The summed E-state index contributed by atoms with van der Waals surface area (Å²) in [7, 11) is 0. The van der Waals surface area contributed by atoms with Gasteiger partial charge in [-0.1, -0.05) is 30.2 Å². The molecule has 0 heteroatoms. The molecule has 0 aliphatic heterocycles. The maximum Gasteiger partial charge on any atom is -0.00519 e. The Labute approximate surface area is 70.0 Å². The fourth-order valence-corrected chi connectivity index (χ4v) is 1.52. The quantitative estimate of drug-likeness (QED) is 0.462. The van der Waals surface area contributed by atoms with Crippen molar-refractivity contribution in [2.75, 3.05) is 0 Å². The first-order valence-corrected chi connectivity index (χ1v) is 4.54. The van der Waals surface area contributed by atoms with Crippen molar-refractivity contribution in [3.8, 4) is 0 Å². The molecule has 62 valence electrons. The molecule has 1 aliphatic rings. The minimum absolute atomic E-state index is 0.662. The Kier molecular flexibility index (Phi) is 2.92. The lowest BCUT2D eigenvalue weighted by Gasteiger charge is -2.14. The maximum atomic E-state index is 2.33. The number of allylic oxidation sites excluding steroid dienone is 4. The van der Waals surface area contributed by atoms with Crippen molar-refractivity contribution in [3.63, 3.8) is 0 Å². The summed E-state index contributed by atoms with van der Waals surface area (Å²) < 4.78 is 0. The number of rotatable bonds is 0. The molecule has 0 aromatic heterocycles. The zero-order valence-corrected chi connectivity index (χ0v) is 7.85. The molecule has 0 N–H and O–H groups in total. The monoisotopic (exact) mass is 150 g/mol. The SMILES string of the molecule is CC1=C(C)C(C)C=CCCC1. The van der Waals surface area contributed by atoms with E-state index in [0.717, 1.165) is 0 Å². The molecule has 1 unspecified atom stereocenters. The minimum atomic E-state index is 0.662. The van der Waals surface area contributed by atoms with Gasteiger partial charge in [-0.2, -0.15) is 0 Å². The molecule has 0 bridgehead atoms. The second-order valence-electron chi connectivity index (χ2n) is 3.57. The highest BCUT2D eigenvalue weighted by molar-refractivity contribution is 5.18. The van der Waals surface area contributed by atoms with Gasteiger partial charge in [0, 0.05) is 0 Å². The van der Waals surface area contributed by atoms with Crippen LogP contribution in [0.25, 0.3) is 0 Å². The molecule has 0 aromatic rings.